The number of halogens is 1. The number of nitrogens with zero attached hydrogens (tertiary/aromatic N) is 2. The van der Waals surface area contributed by atoms with E-state index < -0.39 is 5.92 Å². The minimum Gasteiger partial charge on any atom is -0.489 e. The Morgan fingerprint density at radius 3 is 2.75 bits per heavy atom. The topological polar surface area (TPSA) is 73.2 Å². The number of carbonyl (C=O) groups excluding carboxylic acids is 1. The first-order valence-electron chi connectivity index (χ1n) is 10.1. The van der Waals surface area contributed by atoms with Gasteiger partial charge >= 0.3 is 0 Å². The normalized spacial score (nSPS) is 15.1. The van der Waals surface area contributed by atoms with Gasteiger partial charge in [0.25, 0.3) is 5.56 Å². The first kappa shape index (κ1) is 22.2. The molecule has 1 atom stereocenters. The molecular weight excluding hydrogens is 446 g/mol. The number of anilines is 1. The van der Waals surface area contributed by atoms with Crippen LogP contribution in [-0.2, 0) is 17.6 Å². The Morgan fingerprint density at radius 2 is 2.00 bits per heavy atom. The lowest BCUT2D eigenvalue weighted by atomic mass is 9.86. The third-order valence-corrected chi connectivity index (χ3v) is 6.59. The molecule has 0 radical (unpaired) electrons. The molecule has 0 spiro atoms. The number of rotatable bonds is 7. The van der Waals surface area contributed by atoms with E-state index in [1.807, 2.05) is 48.5 Å². The lowest BCUT2D eigenvalue weighted by Gasteiger charge is -2.28. The molecule has 1 N–H and O–H groups in total. The summed E-state index contributed by atoms with van der Waals surface area (Å²) in [6.07, 6.45) is 1.80. The number of amides is 1. The summed E-state index contributed by atoms with van der Waals surface area (Å²) in [5.41, 5.74) is 1.96. The van der Waals surface area contributed by atoms with Crippen molar-refractivity contribution in [3.63, 3.8) is 0 Å². The van der Waals surface area contributed by atoms with E-state index in [0.717, 1.165) is 11.1 Å². The number of ether oxygens (including phenoxy) is 1. The van der Waals surface area contributed by atoms with Gasteiger partial charge in [0.1, 0.15) is 18.2 Å². The van der Waals surface area contributed by atoms with Crippen LogP contribution in [0.1, 0.15) is 29.0 Å². The van der Waals surface area contributed by atoms with Crippen molar-refractivity contribution in [3.8, 4) is 5.75 Å². The maximum absolute atomic E-state index is 13.1. The summed E-state index contributed by atoms with van der Waals surface area (Å²) in [5, 5.41) is 4.07. The van der Waals surface area contributed by atoms with Crippen LogP contribution in [0.5, 0.6) is 5.75 Å². The molecule has 0 unspecified atom stereocenters. The number of carbonyl (C=O) groups is 1. The average Bonchev–Trinajstić information content (AvgIpc) is 2.79. The van der Waals surface area contributed by atoms with Gasteiger partial charge in [0.2, 0.25) is 5.91 Å². The van der Waals surface area contributed by atoms with Crippen molar-refractivity contribution in [3.05, 3.63) is 93.3 Å². The summed E-state index contributed by atoms with van der Waals surface area (Å²) in [6, 6.07) is 15.0. The number of hydrogen-bond acceptors (Lipinski definition) is 5. The predicted molar refractivity (Wildman–Crippen MR) is 128 cm³/mol. The molecule has 6 nitrogen and oxygen atoms in total. The lowest BCUT2D eigenvalue weighted by Crippen LogP contribution is -2.33. The van der Waals surface area contributed by atoms with E-state index in [4.69, 9.17) is 16.3 Å². The van der Waals surface area contributed by atoms with Gasteiger partial charge in [-0.3, -0.25) is 9.59 Å². The van der Waals surface area contributed by atoms with Crippen molar-refractivity contribution in [1.29, 1.82) is 0 Å². The van der Waals surface area contributed by atoms with Gasteiger partial charge in [-0.1, -0.05) is 66.3 Å². The Labute approximate surface area is 195 Å². The SMILES string of the molecule is C=CCOc1ccccc1[C@H]1CC(=O)Nc2c1c(=O)nc(SCc1ccc(Cl)cc1)n2C. The average molecular weight is 468 g/mol. The molecule has 1 aliphatic heterocycles. The predicted octanol–water partition coefficient (Wildman–Crippen LogP) is 4.76. The largest absolute Gasteiger partial charge is 0.489 e. The summed E-state index contributed by atoms with van der Waals surface area (Å²) in [7, 11) is 1.80. The fourth-order valence-corrected chi connectivity index (χ4v) is 4.75. The van der Waals surface area contributed by atoms with Gasteiger partial charge in [0, 0.05) is 35.7 Å². The van der Waals surface area contributed by atoms with Crippen LogP contribution >= 0.6 is 23.4 Å². The van der Waals surface area contributed by atoms with Gasteiger partial charge in [-0.15, -0.1) is 0 Å². The smallest absolute Gasteiger partial charge is 0.279 e. The Kier molecular flexibility index (Phi) is 6.67. The molecule has 32 heavy (non-hydrogen) atoms. The van der Waals surface area contributed by atoms with Crippen molar-refractivity contribution < 1.29 is 9.53 Å². The van der Waals surface area contributed by atoms with Crippen molar-refractivity contribution in [2.75, 3.05) is 11.9 Å². The summed E-state index contributed by atoms with van der Waals surface area (Å²) in [5.74, 6) is 1.12. The van der Waals surface area contributed by atoms with Crippen LogP contribution in [0.4, 0.5) is 5.82 Å². The van der Waals surface area contributed by atoms with Gasteiger partial charge in [0.05, 0.1) is 5.56 Å². The standard InChI is InChI=1S/C24H22ClN3O3S/c1-3-12-31-19-7-5-4-6-17(19)18-13-20(29)26-22-21(18)23(30)27-24(28(22)2)32-14-15-8-10-16(25)11-9-15/h3-11,18H,1,12-14H2,2H3,(H,26,29)/t18-/m1/s1. The molecule has 0 bridgehead atoms. The highest BCUT2D eigenvalue weighted by atomic mass is 35.5. The van der Waals surface area contributed by atoms with Gasteiger partial charge < -0.3 is 14.6 Å². The minimum absolute atomic E-state index is 0.148. The van der Waals surface area contributed by atoms with Crippen molar-refractivity contribution >= 4 is 35.1 Å². The first-order chi connectivity index (χ1) is 15.5. The van der Waals surface area contributed by atoms with Crippen molar-refractivity contribution in [1.82, 2.24) is 9.55 Å². The van der Waals surface area contributed by atoms with Crippen molar-refractivity contribution in [2.24, 2.45) is 7.05 Å². The zero-order chi connectivity index (χ0) is 22.7. The quantitative estimate of drug-likeness (QED) is 0.308. The summed E-state index contributed by atoms with van der Waals surface area (Å²) in [6.45, 7) is 4.02. The van der Waals surface area contributed by atoms with E-state index in [2.05, 4.69) is 16.9 Å². The van der Waals surface area contributed by atoms with Crippen LogP contribution in [0, 0.1) is 0 Å². The second-order valence-corrected chi connectivity index (χ2v) is 8.76. The molecule has 0 fully saturated rings. The summed E-state index contributed by atoms with van der Waals surface area (Å²) < 4.78 is 7.56. The van der Waals surface area contributed by atoms with Gasteiger partial charge in [-0.05, 0) is 23.8 Å². The number of nitrogens with one attached hydrogen (secondary N) is 1. The van der Waals surface area contributed by atoms with E-state index in [9.17, 15) is 9.59 Å². The zero-order valence-electron chi connectivity index (χ0n) is 17.5. The Morgan fingerprint density at radius 1 is 1.25 bits per heavy atom. The maximum atomic E-state index is 13.1. The Hall–Kier alpha value is -3.03. The third kappa shape index (κ3) is 4.59. The summed E-state index contributed by atoms with van der Waals surface area (Å²) >= 11 is 7.38. The molecule has 3 aromatic rings. The number of hydrogen-bond donors (Lipinski definition) is 1. The van der Waals surface area contributed by atoms with Crippen LogP contribution in [-0.4, -0.2) is 22.1 Å². The van der Waals surface area contributed by atoms with Gasteiger partial charge in [-0.25, -0.2) is 0 Å². The van der Waals surface area contributed by atoms with Gasteiger partial charge in [-0.2, -0.15) is 4.98 Å². The highest BCUT2D eigenvalue weighted by Crippen LogP contribution is 2.39. The number of thioether (sulfide) groups is 1. The molecule has 0 saturated carbocycles. The molecule has 1 amide bonds. The van der Waals surface area contributed by atoms with Crippen LogP contribution in [0.2, 0.25) is 5.02 Å². The van der Waals surface area contributed by atoms with Crippen LogP contribution in [0.3, 0.4) is 0 Å². The number of benzene rings is 2. The van der Waals surface area contributed by atoms with Crippen molar-refractivity contribution in [2.45, 2.75) is 23.2 Å². The van der Waals surface area contributed by atoms with E-state index >= 15 is 0 Å². The number of para-hydroxylation sites is 1. The highest BCUT2D eigenvalue weighted by molar-refractivity contribution is 7.98. The molecule has 0 aliphatic carbocycles. The molecule has 1 aliphatic rings. The summed E-state index contributed by atoms with van der Waals surface area (Å²) in [4.78, 5) is 30.1. The van der Waals surface area contributed by atoms with Crippen LogP contribution in [0.25, 0.3) is 0 Å². The molecule has 8 heteroatoms. The van der Waals surface area contributed by atoms with E-state index in [-0.39, 0.29) is 17.9 Å². The second kappa shape index (κ2) is 9.63. The molecular formula is C24H22ClN3O3S. The van der Waals surface area contributed by atoms with E-state index in [1.165, 1.54) is 11.8 Å². The monoisotopic (exact) mass is 467 g/mol. The fourth-order valence-electron chi connectivity index (χ4n) is 3.71. The van der Waals surface area contributed by atoms with Crippen LogP contribution < -0.4 is 15.6 Å². The second-order valence-electron chi connectivity index (χ2n) is 7.38. The number of aromatic nitrogens is 2. The fraction of sp³-hybridized carbons (Fsp3) is 0.208. The molecule has 2 aromatic carbocycles. The minimum atomic E-state index is -0.443. The first-order valence-corrected chi connectivity index (χ1v) is 11.4. The third-order valence-electron chi connectivity index (χ3n) is 5.23. The van der Waals surface area contributed by atoms with Gasteiger partial charge in [0.15, 0.2) is 5.16 Å². The molecule has 164 valence electrons. The van der Waals surface area contributed by atoms with E-state index in [0.29, 0.717) is 39.7 Å². The molecule has 4 rings (SSSR count). The zero-order valence-corrected chi connectivity index (χ0v) is 19.1. The molecule has 2 heterocycles. The lowest BCUT2D eigenvalue weighted by molar-refractivity contribution is -0.116. The highest BCUT2D eigenvalue weighted by Gasteiger charge is 2.33. The number of fused-ring (bicyclic) bond motifs is 1. The molecule has 1 aromatic heterocycles. The van der Waals surface area contributed by atoms with Crippen LogP contribution in [0.15, 0.2) is 71.1 Å². The Balaban J connectivity index is 1.71. The molecule has 0 saturated heterocycles. The maximum Gasteiger partial charge on any atom is 0.279 e. The van der Waals surface area contributed by atoms with E-state index in [1.54, 1.807) is 17.7 Å². The Bertz CT molecular complexity index is 1220.